The molecule has 3 aromatic heterocycles. The summed E-state index contributed by atoms with van der Waals surface area (Å²) in [6, 6.07) is 10.6. The van der Waals surface area contributed by atoms with Crippen molar-refractivity contribution in [3.63, 3.8) is 0 Å². The number of aromatic nitrogens is 5. The molecule has 16 nitrogen and oxygen atoms in total. The average Bonchev–Trinajstić information content (AvgIpc) is 4.18. The second-order valence-corrected chi connectivity index (χ2v) is 18.8. The molecule has 65 heavy (non-hydrogen) atoms. The van der Waals surface area contributed by atoms with Gasteiger partial charge in [-0.3, -0.25) is 19.2 Å². The van der Waals surface area contributed by atoms with E-state index in [1.54, 1.807) is 11.1 Å². The maximum Gasteiger partial charge on any atom is 0.407 e. The van der Waals surface area contributed by atoms with Crippen molar-refractivity contribution in [1.29, 1.82) is 0 Å². The number of benzene rings is 2. The number of aromatic amines is 3. The summed E-state index contributed by atoms with van der Waals surface area (Å²) in [6.45, 7) is 8.63. The molecule has 4 aliphatic rings. The molecule has 0 spiro atoms. The molecule has 342 valence electrons. The van der Waals surface area contributed by atoms with Crippen LogP contribution >= 0.6 is 0 Å². The quantitative estimate of drug-likeness (QED) is 0.0614. The number of imidazole rings is 2. The van der Waals surface area contributed by atoms with E-state index >= 15 is 0 Å². The topological polar surface area (TPSA) is 207 Å². The first-order valence-electron chi connectivity index (χ1n) is 23.2. The van der Waals surface area contributed by atoms with Crippen molar-refractivity contribution in [3.8, 4) is 39.5 Å². The average molecular weight is 886 g/mol. The predicted octanol–water partition coefficient (Wildman–Crippen LogP) is 7.68. The molecule has 5 atom stereocenters. The van der Waals surface area contributed by atoms with E-state index < -0.39 is 24.1 Å². The minimum atomic E-state index is -0.813. The minimum Gasteiger partial charge on any atom is -0.485 e. The Labute approximate surface area is 378 Å². The molecule has 0 radical (unpaired) electrons. The van der Waals surface area contributed by atoms with Gasteiger partial charge in [0.2, 0.25) is 18.1 Å². The van der Waals surface area contributed by atoms with Gasteiger partial charge in [-0.1, -0.05) is 59.1 Å². The van der Waals surface area contributed by atoms with Crippen molar-refractivity contribution in [2.24, 2.45) is 17.8 Å². The fourth-order valence-electron chi connectivity index (χ4n) is 10.5. The normalized spacial score (nSPS) is 20.6. The Hall–Kier alpha value is -6.45. The number of amides is 4. The Kier molecular flexibility index (Phi) is 12.3. The number of carbonyl (C=O) groups excluding carboxylic acids is 5. The third-order valence-electron chi connectivity index (χ3n) is 14.0. The number of hydrogen-bond acceptors (Lipinski definition) is 9. The molecule has 9 rings (SSSR count). The molecule has 6 heterocycles. The second-order valence-electron chi connectivity index (χ2n) is 18.8. The van der Waals surface area contributed by atoms with E-state index in [2.05, 4.69) is 62.0 Å². The third-order valence-corrected chi connectivity index (χ3v) is 14.0. The highest BCUT2D eigenvalue weighted by Crippen LogP contribution is 2.51. The van der Waals surface area contributed by atoms with E-state index in [0.29, 0.717) is 24.8 Å². The Balaban J connectivity index is 0.999. The summed E-state index contributed by atoms with van der Waals surface area (Å²) in [5.41, 5.74) is 7.78. The summed E-state index contributed by atoms with van der Waals surface area (Å²) in [7, 11) is 1.30. The lowest BCUT2D eigenvalue weighted by Gasteiger charge is -2.35. The molecule has 1 aliphatic carbocycles. The Morgan fingerprint density at radius 2 is 1.34 bits per heavy atom. The van der Waals surface area contributed by atoms with E-state index in [9.17, 15) is 24.0 Å². The Morgan fingerprint density at radius 1 is 0.754 bits per heavy atom. The molecule has 3 fully saturated rings. The summed E-state index contributed by atoms with van der Waals surface area (Å²) < 4.78 is 11.9. The predicted molar refractivity (Wildman–Crippen MR) is 243 cm³/mol. The first-order valence-corrected chi connectivity index (χ1v) is 23.2. The third kappa shape index (κ3) is 8.38. The van der Waals surface area contributed by atoms with Crippen molar-refractivity contribution in [1.82, 2.24) is 45.4 Å². The van der Waals surface area contributed by atoms with Gasteiger partial charge < -0.3 is 44.9 Å². The van der Waals surface area contributed by atoms with Crippen LogP contribution in [-0.2, 0) is 23.9 Å². The molecule has 2 saturated heterocycles. The number of hydrogen-bond donors (Lipinski definition) is 5. The van der Waals surface area contributed by atoms with Gasteiger partial charge >= 0.3 is 6.09 Å². The number of nitrogens with one attached hydrogen (secondary N) is 5. The van der Waals surface area contributed by atoms with Crippen LogP contribution in [0.4, 0.5) is 4.79 Å². The zero-order valence-electron chi connectivity index (χ0n) is 37.7. The van der Waals surface area contributed by atoms with Crippen LogP contribution in [-0.4, -0.2) is 97.1 Å². The van der Waals surface area contributed by atoms with Crippen molar-refractivity contribution >= 4 is 41.0 Å². The number of carbonyl (C=O) groups is 5. The summed E-state index contributed by atoms with van der Waals surface area (Å²) in [5, 5.41) is 6.41. The fraction of sp³-hybridized carbons (Fsp3) is 0.490. The molecule has 4 amide bonds. The lowest BCUT2D eigenvalue weighted by atomic mass is 9.80. The summed E-state index contributed by atoms with van der Waals surface area (Å²) in [6.07, 6.45) is 11.9. The highest BCUT2D eigenvalue weighted by molar-refractivity contribution is 6.24. The van der Waals surface area contributed by atoms with Gasteiger partial charge in [0.1, 0.15) is 35.6 Å². The van der Waals surface area contributed by atoms with Crippen LogP contribution < -0.4 is 15.4 Å². The monoisotopic (exact) mass is 885 g/mol. The SMILES string of the molecule is COC(=O)NC(C(=O)N1CCC[C@H]1c1ncc(-c2ccc3[nH]c4c(c3c2)C(C2CCCCC2)Oc2cc(-c3cnc(C5CCCN5C(=O)C(NC(=O)C=O)C(C)C)[nH]3)ccc2-4)[nH]1)C(C)C. The molecule has 4 unspecified atom stereocenters. The number of fused-ring (bicyclic) bond motifs is 5. The van der Waals surface area contributed by atoms with E-state index in [4.69, 9.17) is 19.4 Å². The van der Waals surface area contributed by atoms with Gasteiger partial charge in [0.15, 0.2) is 0 Å². The first kappa shape index (κ1) is 43.8. The zero-order chi connectivity index (χ0) is 45.5. The Bertz CT molecular complexity index is 2600. The lowest BCUT2D eigenvalue weighted by molar-refractivity contribution is -0.140. The van der Waals surface area contributed by atoms with Crippen LogP contribution in [0.2, 0.25) is 0 Å². The van der Waals surface area contributed by atoms with Gasteiger partial charge in [-0.2, -0.15) is 0 Å². The van der Waals surface area contributed by atoms with E-state index in [-0.39, 0.29) is 48.1 Å². The minimum absolute atomic E-state index is 0.124. The van der Waals surface area contributed by atoms with Gasteiger partial charge in [-0.25, -0.2) is 14.8 Å². The maximum absolute atomic E-state index is 13.8. The molecule has 2 aromatic carbocycles. The Morgan fingerprint density at radius 3 is 1.92 bits per heavy atom. The van der Waals surface area contributed by atoms with E-state index in [1.165, 1.54) is 13.5 Å². The number of ether oxygens (including phenoxy) is 2. The van der Waals surface area contributed by atoms with Crippen LogP contribution in [0.25, 0.3) is 44.7 Å². The van der Waals surface area contributed by atoms with Gasteiger partial charge in [0.25, 0.3) is 5.91 Å². The second kappa shape index (κ2) is 18.2. The molecule has 3 aliphatic heterocycles. The summed E-state index contributed by atoms with van der Waals surface area (Å²) in [5.74, 6) is 1.03. The summed E-state index contributed by atoms with van der Waals surface area (Å²) in [4.78, 5) is 86.7. The molecule has 16 heteroatoms. The van der Waals surface area contributed by atoms with Crippen LogP contribution in [0.1, 0.15) is 121 Å². The molecule has 5 N–H and O–H groups in total. The number of H-pyrrole nitrogens is 3. The van der Waals surface area contributed by atoms with Crippen molar-refractivity contribution in [3.05, 3.63) is 66.0 Å². The van der Waals surface area contributed by atoms with E-state index in [1.807, 2.05) is 38.8 Å². The number of nitrogens with zero attached hydrogens (tertiary/aromatic N) is 4. The number of rotatable bonds is 12. The van der Waals surface area contributed by atoms with Crippen molar-refractivity contribution < 1.29 is 33.4 Å². The van der Waals surface area contributed by atoms with Crippen LogP contribution in [0, 0.1) is 17.8 Å². The maximum atomic E-state index is 13.8. The van der Waals surface area contributed by atoms with Crippen LogP contribution in [0.5, 0.6) is 5.75 Å². The smallest absolute Gasteiger partial charge is 0.407 e. The highest BCUT2D eigenvalue weighted by Gasteiger charge is 2.40. The van der Waals surface area contributed by atoms with Crippen molar-refractivity contribution in [2.75, 3.05) is 20.2 Å². The van der Waals surface area contributed by atoms with Gasteiger partial charge in [-0.15, -0.1) is 0 Å². The molecule has 0 bridgehead atoms. The van der Waals surface area contributed by atoms with Crippen molar-refractivity contribution in [2.45, 2.75) is 116 Å². The van der Waals surface area contributed by atoms with Gasteiger partial charge in [0, 0.05) is 52.2 Å². The van der Waals surface area contributed by atoms with Gasteiger partial charge in [-0.05, 0) is 74.6 Å². The fourth-order valence-corrected chi connectivity index (χ4v) is 10.5. The standard InChI is InChI=1S/C49H59N9O7/c1-26(2)41(55-39(60)25-59)47(61)57-19-9-13-36(57)46-51-24-35(54-46)30-15-17-31-38(22-30)65-44(28-11-7-6-8-12-28)40-32-21-29(16-18-33(32)52-43(31)40)34-23-50-45(53-34)37-14-10-20-58(37)48(62)42(27(3)4)56-49(63)64-5/h15-18,21-28,36-37,41-42,44,52H,6-14,19-20H2,1-5H3,(H,50,53)(H,51,54)(H,55,60)(H,56,63)/t36?,37-,41?,42?,44?/m0/s1. The first-order chi connectivity index (χ1) is 31.4. The zero-order valence-corrected chi connectivity index (χ0v) is 37.7. The molecular formula is C49H59N9O7. The number of alkyl carbamates (subject to hydrolysis) is 1. The van der Waals surface area contributed by atoms with Crippen LogP contribution in [0.3, 0.4) is 0 Å². The number of methoxy groups -OCH3 is 1. The molecule has 1 saturated carbocycles. The van der Waals surface area contributed by atoms with E-state index in [0.717, 1.165) is 113 Å². The van der Waals surface area contributed by atoms with Gasteiger partial charge in [0.05, 0.1) is 48.7 Å². The largest absolute Gasteiger partial charge is 0.485 e. The summed E-state index contributed by atoms with van der Waals surface area (Å²) >= 11 is 0. The van der Waals surface area contributed by atoms with Crippen LogP contribution in [0.15, 0.2) is 48.8 Å². The molecule has 5 aromatic rings. The highest BCUT2D eigenvalue weighted by atomic mass is 16.5. The lowest BCUT2D eigenvalue weighted by Crippen LogP contribution is -2.51. The number of likely N-dealkylation sites (tertiary alicyclic amines) is 2. The number of aldehydes is 1. The molecular weight excluding hydrogens is 827 g/mol.